The number of halogens is 3. The van der Waals surface area contributed by atoms with Gasteiger partial charge in [0.25, 0.3) is 0 Å². The zero-order valence-electron chi connectivity index (χ0n) is 14.0. The topological polar surface area (TPSA) is 68.2 Å². The van der Waals surface area contributed by atoms with Crippen molar-refractivity contribution in [2.45, 2.75) is 12.7 Å². The number of anilines is 2. The van der Waals surface area contributed by atoms with Crippen molar-refractivity contribution in [1.82, 2.24) is 14.3 Å². The molecule has 0 aliphatic heterocycles. The zero-order valence-corrected chi connectivity index (χ0v) is 14.8. The van der Waals surface area contributed by atoms with Crippen molar-refractivity contribution in [3.05, 3.63) is 65.6 Å². The molecule has 0 atom stereocenters. The standard InChI is InChI=1S/C17H13F3N4O2S/c1-26-14(25)12-7-5-11(6-8-12)10-24(13-4-2-3-9-21-13)16-22-15(23-27-16)17(18,19)20/h2-9H,10H2,1H3. The minimum absolute atomic E-state index is 0.0677. The van der Waals surface area contributed by atoms with Gasteiger partial charge in [-0.3, -0.25) is 4.90 Å². The number of carbonyl (C=O) groups excluding carboxylic acids is 1. The summed E-state index contributed by atoms with van der Waals surface area (Å²) in [6.45, 7) is 0.199. The third kappa shape index (κ3) is 4.40. The molecular weight excluding hydrogens is 381 g/mol. The molecule has 0 aliphatic rings. The summed E-state index contributed by atoms with van der Waals surface area (Å²) in [6, 6.07) is 11.6. The number of aromatic nitrogens is 3. The number of benzene rings is 1. The lowest BCUT2D eigenvalue weighted by atomic mass is 10.1. The molecule has 3 rings (SSSR count). The molecule has 10 heteroatoms. The van der Waals surface area contributed by atoms with E-state index in [0.29, 0.717) is 22.9 Å². The number of pyridine rings is 1. The minimum Gasteiger partial charge on any atom is -0.465 e. The summed E-state index contributed by atoms with van der Waals surface area (Å²) in [7, 11) is 1.28. The second-order valence-corrected chi connectivity index (χ2v) is 6.09. The van der Waals surface area contributed by atoms with Crippen molar-refractivity contribution in [2.24, 2.45) is 0 Å². The van der Waals surface area contributed by atoms with Gasteiger partial charge in [0.15, 0.2) is 0 Å². The number of rotatable bonds is 5. The van der Waals surface area contributed by atoms with Crippen LogP contribution in [0.5, 0.6) is 0 Å². The van der Waals surface area contributed by atoms with Crippen LogP contribution in [0.25, 0.3) is 0 Å². The summed E-state index contributed by atoms with van der Waals surface area (Å²) in [6.07, 6.45) is -3.08. The fourth-order valence-corrected chi connectivity index (χ4v) is 2.94. The molecular formula is C17H13F3N4O2S. The molecule has 0 unspecified atom stereocenters. The van der Waals surface area contributed by atoms with Gasteiger partial charge in [0.05, 0.1) is 19.2 Å². The van der Waals surface area contributed by atoms with Crippen LogP contribution >= 0.6 is 11.5 Å². The van der Waals surface area contributed by atoms with Crippen molar-refractivity contribution in [3.63, 3.8) is 0 Å². The third-order valence-corrected chi connectivity index (χ3v) is 4.28. The normalized spacial score (nSPS) is 11.3. The molecule has 0 spiro atoms. The van der Waals surface area contributed by atoms with Gasteiger partial charge in [-0.2, -0.15) is 22.5 Å². The number of carbonyl (C=O) groups is 1. The van der Waals surface area contributed by atoms with Gasteiger partial charge in [-0.15, -0.1) is 0 Å². The van der Waals surface area contributed by atoms with E-state index in [2.05, 4.69) is 19.1 Å². The molecule has 0 N–H and O–H groups in total. The first-order chi connectivity index (χ1) is 12.9. The van der Waals surface area contributed by atoms with E-state index >= 15 is 0 Å². The fourth-order valence-electron chi connectivity index (χ4n) is 2.25. The Kier molecular flexibility index (Phi) is 5.36. The molecule has 6 nitrogen and oxygen atoms in total. The average molecular weight is 394 g/mol. The second kappa shape index (κ2) is 7.70. The Morgan fingerprint density at radius 2 is 1.93 bits per heavy atom. The van der Waals surface area contributed by atoms with Crippen molar-refractivity contribution in [2.75, 3.05) is 12.0 Å². The van der Waals surface area contributed by atoms with E-state index < -0.39 is 18.0 Å². The van der Waals surface area contributed by atoms with Gasteiger partial charge >= 0.3 is 12.1 Å². The SMILES string of the molecule is COC(=O)c1ccc(CN(c2ccccn2)c2nc(C(F)(F)F)ns2)cc1. The summed E-state index contributed by atoms with van der Waals surface area (Å²) in [5, 5.41) is 0.0677. The Labute approximate surface area is 156 Å². The summed E-state index contributed by atoms with van der Waals surface area (Å²) in [4.78, 5) is 20.8. The van der Waals surface area contributed by atoms with Gasteiger partial charge in [-0.05, 0) is 29.8 Å². The zero-order chi connectivity index (χ0) is 19.4. The maximum absolute atomic E-state index is 12.9. The van der Waals surface area contributed by atoms with Crippen molar-refractivity contribution in [3.8, 4) is 0 Å². The van der Waals surface area contributed by atoms with Gasteiger partial charge in [0.2, 0.25) is 11.0 Å². The Bertz CT molecular complexity index is 914. The number of hydrogen-bond acceptors (Lipinski definition) is 7. The van der Waals surface area contributed by atoms with Crippen LogP contribution in [0.1, 0.15) is 21.7 Å². The van der Waals surface area contributed by atoms with Crippen LogP contribution < -0.4 is 4.90 Å². The van der Waals surface area contributed by atoms with E-state index in [1.54, 1.807) is 42.5 Å². The Hall–Kier alpha value is -3.01. The first kappa shape index (κ1) is 18.8. The predicted molar refractivity (Wildman–Crippen MR) is 92.8 cm³/mol. The smallest absolute Gasteiger partial charge is 0.452 e. The largest absolute Gasteiger partial charge is 0.465 e. The monoisotopic (exact) mass is 394 g/mol. The minimum atomic E-state index is -4.62. The maximum Gasteiger partial charge on any atom is 0.452 e. The lowest BCUT2D eigenvalue weighted by molar-refractivity contribution is -0.144. The predicted octanol–water partition coefficient (Wildman–Crippen LogP) is 4.08. The Morgan fingerprint density at radius 1 is 1.19 bits per heavy atom. The fraction of sp³-hybridized carbons (Fsp3) is 0.176. The Morgan fingerprint density at radius 3 is 2.48 bits per heavy atom. The van der Waals surface area contributed by atoms with Gasteiger partial charge in [0, 0.05) is 17.7 Å². The molecule has 2 aromatic heterocycles. The van der Waals surface area contributed by atoms with Crippen LogP contribution in [-0.4, -0.2) is 27.4 Å². The van der Waals surface area contributed by atoms with Crippen molar-refractivity contribution in [1.29, 1.82) is 0 Å². The van der Waals surface area contributed by atoms with Crippen molar-refractivity contribution < 1.29 is 22.7 Å². The van der Waals surface area contributed by atoms with Crippen LogP contribution in [0.3, 0.4) is 0 Å². The molecule has 0 fully saturated rings. The third-order valence-electron chi connectivity index (χ3n) is 3.54. The van der Waals surface area contributed by atoms with Crippen LogP contribution in [0.15, 0.2) is 48.7 Å². The van der Waals surface area contributed by atoms with Crippen LogP contribution in [-0.2, 0) is 17.5 Å². The molecule has 0 amide bonds. The van der Waals surface area contributed by atoms with E-state index in [9.17, 15) is 18.0 Å². The Balaban J connectivity index is 1.92. The maximum atomic E-state index is 12.9. The van der Waals surface area contributed by atoms with E-state index in [-0.39, 0.29) is 11.7 Å². The molecule has 0 aliphatic carbocycles. The summed E-state index contributed by atoms with van der Waals surface area (Å²) in [5.41, 5.74) is 1.12. The lowest BCUT2D eigenvalue weighted by Gasteiger charge is -2.20. The quantitative estimate of drug-likeness (QED) is 0.608. The molecule has 27 heavy (non-hydrogen) atoms. The molecule has 0 bridgehead atoms. The summed E-state index contributed by atoms with van der Waals surface area (Å²) < 4.78 is 46.6. The van der Waals surface area contributed by atoms with Crippen LogP contribution in [0.4, 0.5) is 24.1 Å². The molecule has 0 radical (unpaired) electrons. The van der Waals surface area contributed by atoms with E-state index in [4.69, 9.17) is 0 Å². The van der Waals surface area contributed by atoms with E-state index in [1.807, 2.05) is 0 Å². The van der Waals surface area contributed by atoms with Gasteiger partial charge in [0.1, 0.15) is 5.82 Å². The number of alkyl halides is 3. The number of nitrogens with zero attached hydrogens (tertiary/aromatic N) is 4. The second-order valence-electron chi connectivity index (χ2n) is 5.36. The highest BCUT2D eigenvalue weighted by atomic mass is 32.1. The highest BCUT2D eigenvalue weighted by molar-refractivity contribution is 7.09. The highest BCUT2D eigenvalue weighted by Crippen LogP contribution is 2.33. The van der Waals surface area contributed by atoms with E-state index in [0.717, 1.165) is 5.56 Å². The van der Waals surface area contributed by atoms with Crippen LogP contribution in [0.2, 0.25) is 0 Å². The molecule has 0 saturated carbocycles. The first-order valence-corrected chi connectivity index (χ1v) is 8.42. The van der Waals surface area contributed by atoms with Crippen LogP contribution in [0, 0.1) is 0 Å². The molecule has 0 saturated heterocycles. The molecule has 140 valence electrons. The van der Waals surface area contributed by atoms with Gasteiger partial charge < -0.3 is 4.74 Å². The van der Waals surface area contributed by atoms with Gasteiger partial charge in [-0.1, -0.05) is 18.2 Å². The first-order valence-electron chi connectivity index (χ1n) is 7.65. The average Bonchev–Trinajstić information content (AvgIpc) is 3.17. The number of ether oxygens (including phenoxy) is 1. The van der Waals surface area contributed by atoms with Crippen molar-refractivity contribution >= 4 is 28.5 Å². The number of esters is 1. The number of hydrogen-bond donors (Lipinski definition) is 0. The number of methoxy groups -OCH3 is 1. The highest BCUT2D eigenvalue weighted by Gasteiger charge is 2.36. The summed E-state index contributed by atoms with van der Waals surface area (Å²) in [5.74, 6) is -1.23. The molecule has 3 aromatic rings. The van der Waals surface area contributed by atoms with Gasteiger partial charge in [-0.25, -0.2) is 9.78 Å². The molecule has 2 heterocycles. The summed E-state index contributed by atoms with van der Waals surface area (Å²) >= 11 is 0.641. The lowest BCUT2D eigenvalue weighted by Crippen LogP contribution is -2.18. The van der Waals surface area contributed by atoms with E-state index in [1.165, 1.54) is 18.2 Å². The molecule has 1 aromatic carbocycles.